The molecule has 1 atom stereocenters. The molecule has 0 unspecified atom stereocenters. The Morgan fingerprint density at radius 2 is 1.90 bits per heavy atom. The van der Waals surface area contributed by atoms with Gasteiger partial charge in [0.25, 0.3) is 5.91 Å². The van der Waals surface area contributed by atoms with Gasteiger partial charge < -0.3 is 19.9 Å². The maximum atomic E-state index is 15.7. The number of halogens is 2. The molecule has 0 aliphatic carbocycles. The van der Waals surface area contributed by atoms with E-state index in [0.29, 0.717) is 58.6 Å². The average molecular weight is 549 g/mol. The highest BCUT2D eigenvalue weighted by atomic mass is 19.1. The summed E-state index contributed by atoms with van der Waals surface area (Å²) >= 11 is 0. The molecule has 2 aromatic heterocycles. The molecule has 1 aliphatic heterocycles. The number of pyridine rings is 1. The van der Waals surface area contributed by atoms with E-state index in [-0.39, 0.29) is 23.7 Å². The minimum absolute atomic E-state index is 0.0220. The summed E-state index contributed by atoms with van der Waals surface area (Å²) in [5.74, 6) is -1.12. The molecule has 1 aliphatic rings. The fourth-order valence-electron chi connectivity index (χ4n) is 4.98. The predicted octanol–water partition coefficient (Wildman–Crippen LogP) is 4.95. The van der Waals surface area contributed by atoms with Crippen LogP contribution >= 0.6 is 0 Å². The van der Waals surface area contributed by atoms with Crippen LogP contribution in [0.25, 0.3) is 22.2 Å². The third-order valence-corrected chi connectivity index (χ3v) is 7.10. The van der Waals surface area contributed by atoms with Gasteiger partial charge in [0.1, 0.15) is 28.4 Å². The molecule has 5 rings (SSSR count). The van der Waals surface area contributed by atoms with Crippen molar-refractivity contribution in [3.05, 3.63) is 82.7 Å². The molecule has 0 bridgehead atoms. The number of nitrogens with one attached hydrogen (secondary N) is 1. The van der Waals surface area contributed by atoms with Crippen molar-refractivity contribution in [3.8, 4) is 17.0 Å². The van der Waals surface area contributed by atoms with Crippen molar-refractivity contribution in [2.24, 2.45) is 0 Å². The molecule has 2 N–H and O–H groups in total. The first-order valence-corrected chi connectivity index (χ1v) is 12.9. The summed E-state index contributed by atoms with van der Waals surface area (Å²) in [6, 6.07) is 11.9. The minimum Gasteiger partial charge on any atom is -0.494 e. The lowest BCUT2D eigenvalue weighted by Gasteiger charge is -2.31. The number of methoxy groups -OCH3 is 1. The quantitative estimate of drug-likeness (QED) is 0.337. The molecule has 3 heterocycles. The molecule has 4 aromatic rings. The summed E-state index contributed by atoms with van der Waals surface area (Å²) in [5.41, 5.74) is -0.295. The van der Waals surface area contributed by atoms with Gasteiger partial charge in [-0.25, -0.2) is 13.8 Å². The second-order valence-electron chi connectivity index (χ2n) is 10.5. The molecule has 0 saturated carbocycles. The number of hydrogen-bond donors (Lipinski definition) is 2. The molecule has 1 amide bonds. The molecule has 0 spiro atoms. The number of carbonyl (C=O) groups excluding carboxylic acids is 1. The van der Waals surface area contributed by atoms with Crippen molar-refractivity contribution in [2.45, 2.75) is 44.8 Å². The van der Waals surface area contributed by atoms with Crippen molar-refractivity contribution < 1.29 is 28.2 Å². The number of rotatable bonds is 7. The first-order chi connectivity index (χ1) is 19.0. The normalized spacial score (nSPS) is 17.3. The van der Waals surface area contributed by atoms with Crippen LogP contribution in [0.4, 0.5) is 8.78 Å². The summed E-state index contributed by atoms with van der Waals surface area (Å²) in [6.07, 6.45) is 1.20. The number of amides is 1. The van der Waals surface area contributed by atoms with E-state index in [4.69, 9.17) is 9.47 Å². The number of benzene rings is 2. The monoisotopic (exact) mass is 548 g/mol. The highest BCUT2D eigenvalue weighted by Crippen LogP contribution is 2.39. The summed E-state index contributed by atoms with van der Waals surface area (Å²) in [4.78, 5) is 18.0. The van der Waals surface area contributed by atoms with E-state index in [9.17, 15) is 14.3 Å². The van der Waals surface area contributed by atoms with Crippen LogP contribution in [0.3, 0.4) is 0 Å². The number of carbonyl (C=O) groups is 1. The number of aromatic nitrogens is 3. The summed E-state index contributed by atoms with van der Waals surface area (Å²) in [7, 11) is 1.50. The van der Waals surface area contributed by atoms with Gasteiger partial charge in [0, 0.05) is 28.7 Å². The Labute approximate surface area is 230 Å². The van der Waals surface area contributed by atoms with E-state index >= 15 is 4.39 Å². The first-order valence-electron chi connectivity index (χ1n) is 12.9. The Bertz CT molecular complexity index is 1580. The van der Waals surface area contributed by atoms with Crippen LogP contribution in [0.1, 0.15) is 54.0 Å². The lowest BCUT2D eigenvalue weighted by molar-refractivity contribution is -0.00266. The zero-order valence-electron chi connectivity index (χ0n) is 22.7. The Morgan fingerprint density at radius 1 is 1.15 bits per heavy atom. The molecular formula is C30H30F2N4O4. The van der Waals surface area contributed by atoms with E-state index in [1.165, 1.54) is 51.3 Å². The van der Waals surface area contributed by atoms with Crippen LogP contribution in [0.5, 0.6) is 5.75 Å². The van der Waals surface area contributed by atoms with Crippen molar-refractivity contribution in [1.29, 1.82) is 0 Å². The number of fused-ring (bicyclic) bond motifs is 1. The lowest BCUT2D eigenvalue weighted by atomic mass is 9.89. The SMILES string of the molecule is COc1cc(C(=O)NC[C@@]2(c3cc(C(C)(C)O)c(F)c(-c4ccc(F)cc4)n3)CCCO2)cc2cc(C)nnc12. The number of aryl methyl sites for hydroxylation is 1. The van der Waals surface area contributed by atoms with E-state index in [1.54, 1.807) is 12.1 Å². The van der Waals surface area contributed by atoms with Crippen LogP contribution < -0.4 is 10.1 Å². The number of hydrogen-bond acceptors (Lipinski definition) is 7. The second-order valence-corrected chi connectivity index (χ2v) is 10.5. The van der Waals surface area contributed by atoms with Gasteiger partial charge in [-0.15, -0.1) is 5.10 Å². The van der Waals surface area contributed by atoms with Gasteiger partial charge in [-0.2, -0.15) is 5.10 Å². The Balaban J connectivity index is 1.52. The summed E-state index contributed by atoms with van der Waals surface area (Å²) < 4.78 is 40.9. The number of aliphatic hydroxyl groups is 1. The summed E-state index contributed by atoms with van der Waals surface area (Å²) in [5, 5.41) is 22.7. The highest BCUT2D eigenvalue weighted by Gasteiger charge is 2.41. The van der Waals surface area contributed by atoms with Gasteiger partial charge in [-0.05, 0) is 82.1 Å². The van der Waals surface area contributed by atoms with Gasteiger partial charge in [-0.1, -0.05) is 0 Å². The Morgan fingerprint density at radius 3 is 2.55 bits per heavy atom. The molecular weight excluding hydrogens is 518 g/mol. The van der Waals surface area contributed by atoms with Crippen molar-refractivity contribution in [2.75, 3.05) is 20.3 Å². The zero-order valence-corrected chi connectivity index (χ0v) is 22.7. The summed E-state index contributed by atoms with van der Waals surface area (Å²) in [6.45, 7) is 5.23. The van der Waals surface area contributed by atoms with E-state index in [2.05, 4.69) is 20.5 Å². The molecule has 208 valence electrons. The molecule has 1 fully saturated rings. The fourth-order valence-corrected chi connectivity index (χ4v) is 4.98. The van der Waals surface area contributed by atoms with E-state index < -0.39 is 22.8 Å². The molecule has 2 aromatic carbocycles. The number of nitrogens with zero attached hydrogens (tertiary/aromatic N) is 3. The Hall–Kier alpha value is -4.02. The van der Waals surface area contributed by atoms with Crippen LogP contribution in [0, 0.1) is 18.6 Å². The molecule has 8 nitrogen and oxygen atoms in total. The van der Waals surface area contributed by atoms with Gasteiger partial charge in [0.05, 0.1) is 30.6 Å². The van der Waals surface area contributed by atoms with Gasteiger partial charge in [-0.3, -0.25) is 4.79 Å². The largest absolute Gasteiger partial charge is 0.494 e. The zero-order chi connectivity index (χ0) is 28.7. The van der Waals surface area contributed by atoms with Crippen molar-refractivity contribution in [3.63, 3.8) is 0 Å². The van der Waals surface area contributed by atoms with Crippen LogP contribution in [0.15, 0.2) is 48.5 Å². The second kappa shape index (κ2) is 10.5. The maximum absolute atomic E-state index is 15.7. The van der Waals surface area contributed by atoms with Crippen LogP contribution in [0.2, 0.25) is 0 Å². The third-order valence-electron chi connectivity index (χ3n) is 7.10. The third kappa shape index (κ3) is 5.24. The average Bonchev–Trinajstić information content (AvgIpc) is 3.41. The van der Waals surface area contributed by atoms with Gasteiger partial charge >= 0.3 is 0 Å². The minimum atomic E-state index is -1.54. The van der Waals surface area contributed by atoms with Crippen molar-refractivity contribution >= 4 is 16.8 Å². The molecule has 10 heteroatoms. The van der Waals surface area contributed by atoms with Crippen LogP contribution in [-0.2, 0) is 15.9 Å². The molecule has 40 heavy (non-hydrogen) atoms. The highest BCUT2D eigenvalue weighted by molar-refractivity contribution is 5.99. The molecule has 0 radical (unpaired) electrons. The predicted molar refractivity (Wildman–Crippen MR) is 145 cm³/mol. The van der Waals surface area contributed by atoms with Gasteiger partial charge in [0.15, 0.2) is 5.82 Å². The van der Waals surface area contributed by atoms with Crippen LogP contribution in [-0.4, -0.2) is 46.5 Å². The lowest BCUT2D eigenvalue weighted by Crippen LogP contribution is -2.41. The van der Waals surface area contributed by atoms with Crippen molar-refractivity contribution in [1.82, 2.24) is 20.5 Å². The Kier molecular flexibility index (Phi) is 7.24. The smallest absolute Gasteiger partial charge is 0.251 e. The van der Waals surface area contributed by atoms with E-state index in [0.717, 1.165) is 0 Å². The molecule has 1 saturated heterocycles. The number of ether oxygens (including phenoxy) is 2. The maximum Gasteiger partial charge on any atom is 0.251 e. The first kappa shape index (κ1) is 27.5. The topological polar surface area (TPSA) is 106 Å². The van der Waals surface area contributed by atoms with Gasteiger partial charge in [0.2, 0.25) is 0 Å². The fraction of sp³-hybridized carbons (Fsp3) is 0.333. The standard InChI is InChI=1S/C30H30F2N4O4/c1-17-12-19-13-20(14-23(39-4)26(19)36-35-17)28(37)33-16-30(10-5-11-40-30)24-15-22(29(2,3)38)25(32)27(34-24)18-6-8-21(31)9-7-18/h6-9,12-15,38H,5,10-11,16H2,1-4H3,(H,33,37)/t30-/m1/s1. The van der Waals surface area contributed by atoms with E-state index in [1.807, 2.05) is 13.0 Å².